The molecule has 82 valence electrons. The van der Waals surface area contributed by atoms with Crippen molar-refractivity contribution >= 4 is 10.1 Å². The molecule has 0 aliphatic rings. The Morgan fingerprint density at radius 1 is 1.47 bits per heavy atom. The average molecular weight is 228 g/mol. The number of hydrogen-bond donors (Lipinski definition) is 1. The largest absolute Gasteiger partial charge is 0.748 e. The summed E-state index contributed by atoms with van der Waals surface area (Å²) in [7, 11) is -3.92. The first kappa shape index (κ1) is 13.4. The number of nitrogen functional groups attached to an aromatic ring is 1. The van der Waals surface area contributed by atoms with Crippen LogP contribution in [0.15, 0.2) is 24.4 Å². The third-order valence-electron chi connectivity index (χ3n) is 1.14. The third-order valence-corrected chi connectivity index (χ3v) is 1.14. The summed E-state index contributed by atoms with van der Waals surface area (Å²) in [5.74, 6) is 11.2. The Balaban J connectivity index is 0.000000336. The van der Waals surface area contributed by atoms with Crippen LogP contribution in [0, 0.1) is 11.8 Å². The fourth-order valence-corrected chi connectivity index (χ4v) is 0.690. The molecule has 0 spiro atoms. The summed E-state index contributed by atoms with van der Waals surface area (Å²) in [4.78, 5) is 0. The average Bonchev–Trinajstić information content (AvgIpc) is 2.06. The first-order valence-electron chi connectivity index (χ1n) is 3.94. The van der Waals surface area contributed by atoms with E-state index in [0.29, 0.717) is 6.26 Å². The van der Waals surface area contributed by atoms with Crippen LogP contribution in [-0.2, 0) is 10.1 Å². The van der Waals surface area contributed by atoms with Crippen LogP contribution in [0.25, 0.3) is 0 Å². The second kappa shape index (κ2) is 6.01. The van der Waals surface area contributed by atoms with E-state index in [4.69, 9.17) is 18.8 Å². The van der Waals surface area contributed by atoms with Crippen molar-refractivity contribution in [3.63, 3.8) is 0 Å². The Bertz CT molecular complexity index is 464. The van der Waals surface area contributed by atoms with E-state index < -0.39 is 10.1 Å². The van der Waals surface area contributed by atoms with E-state index in [2.05, 4.69) is 11.8 Å². The zero-order valence-electron chi connectivity index (χ0n) is 8.47. The van der Waals surface area contributed by atoms with Crippen molar-refractivity contribution in [2.75, 3.05) is 12.1 Å². The van der Waals surface area contributed by atoms with E-state index in [1.54, 1.807) is 13.1 Å². The first-order chi connectivity index (χ1) is 6.84. The maximum absolute atomic E-state index is 9.08. The zero-order chi connectivity index (χ0) is 11.9. The lowest BCUT2D eigenvalue weighted by Gasteiger charge is -1.90. The van der Waals surface area contributed by atoms with Gasteiger partial charge in [0.1, 0.15) is 0 Å². The summed E-state index contributed by atoms with van der Waals surface area (Å²) in [5, 5.41) is 0. The molecule has 1 rings (SSSR count). The Morgan fingerprint density at radius 3 is 2.40 bits per heavy atom. The molecule has 0 saturated heterocycles. The molecule has 0 saturated carbocycles. The normalized spacial score (nSPS) is 9.27. The van der Waals surface area contributed by atoms with Crippen LogP contribution in [0.4, 0.5) is 0 Å². The van der Waals surface area contributed by atoms with Gasteiger partial charge in [-0.3, -0.25) is 0 Å². The van der Waals surface area contributed by atoms with Gasteiger partial charge in [0.25, 0.3) is 5.69 Å². The maximum atomic E-state index is 9.08. The number of nitrogens with two attached hydrogens (primary N) is 1. The molecular weight excluding hydrogens is 216 g/mol. The lowest BCUT2D eigenvalue weighted by atomic mass is 10.3. The third kappa shape index (κ3) is 8.74. The number of aromatic nitrogens is 1. The van der Waals surface area contributed by atoms with Crippen LogP contribution in [-0.4, -0.2) is 19.2 Å². The SMILES string of the molecule is CC#Cc1cccc[n+]1N.CS(=O)(=O)[O-]. The molecule has 0 amide bonds. The lowest BCUT2D eigenvalue weighted by Crippen LogP contribution is -2.46. The van der Waals surface area contributed by atoms with Crippen molar-refractivity contribution in [2.24, 2.45) is 0 Å². The summed E-state index contributed by atoms with van der Waals surface area (Å²) in [6, 6.07) is 5.64. The van der Waals surface area contributed by atoms with Gasteiger partial charge >= 0.3 is 0 Å². The topological polar surface area (TPSA) is 87.1 Å². The molecule has 0 unspecified atom stereocenters. The Morgan fingerprint density at radius 2 is 2.00 bits per heavy atom. The molecule has 5 nitrogen and oxygen atoms in total. The highest BCUT2D eigenvalue weighted by Crippen LogP contribution is 1.84. The molecule has 0 radical (unpaired) electrons. The van der Waals surface area contributed by atoms with Crippen LogP contribution in [0.3, 0.4) is 0 Å². The molecule has 0 fully saturated rings. The fraction of sp³-hybridized carbons (Fsp3) is 0.222. The van der Waals surface area contributed by atoms with E-state index in [1.165, 1.54) is 4.68 Å². The molecular formula is C9H12N2O3S. The summed E-state index contributed by atoms with van der Waals surface area (Å²) < 4.78 is 28.7. The first-order valence-corrected chi connectivity index (χ1v) is 5.75. The highest BCUT2D eigenvalue weighted by atomic mass is 32.2. The van der Waals surface area contributed by atoms with Crippen molar-refractivity contribution in [1.29, 1.82) is 0 Å². The second-order valence-electron chi connectivity index (χ2n) is 2.57. The smallest absolute Gasteiger partial charge is 0.285 e. The van der Waals surface area contributed by atoms with Gasteiger partial charge in [0, 0.05) is 24.3 Å². The van der Waals surface area contributed by atoms with Crippen LogP contribution >= 0.6 is 0 Å². The Kier molecular flexibility index (Phi) is 5.37. The number of rotatable bonds is 0. The van der Waals surface area contributed by atoms with E-state index >= 15 is 0 Å². The summed E-state index contributed by atoms with van der Waals surface area (Å²) in [6.45, 7) is 1.78. The van der Waals surface area contributed by atoms with Crippen LogP contribution in [0.5, 0.6) is 0 Å². The minimum atomic E-state index is -3.92. The van der Waals surface area contributed by atoms with Gasteiger partial charge in [-0.05, 0) is 13.0 Å². The number of hydrogen-bond acceptors (Lipinski definition) is 4. The van der Waals surface area contributed by atoms with Gasteiger partial charge in [-0.2, -0.15) is 0 Å². The van der Waals surface area contributed by atoms with Crippen LogP contribution in [0.2, 0.25) is 0 Å². The standard InChI is InChI=1S/C8H9N2.CH4O3S/c1-2-5-8-6-3-4-7-10(8)9;1-5(2,3)4/h3-4,6-7H,9H2,1H3;1H3,(H,2,3,4)/q+1;/p-1. The molecule has 0 atom stereocenters. The molecule has 0 aromatic carbocycles. The Labute approximate surface area is 89.3 Å². The van der Waals surface area contributed by atoms with Crippen molar-refractivity contribution in [3.8, 4) is 11.8 Å². The van der Waals surface area contributed by atoms with Gasteiger partial charge in [-0.1, -0.05) is 10.6 Å². The molecule has 15 heavy (non-hydrogen) atoms. The quantitative estimate of drug-likeness (QED) is 0.273. The highest BCUT2D eigenvalue weighted by Gasteiger charge is 1.98. The van der Waals surface area contributed by atoms with Crippen molar-refractivity contribution in [2.45, 2.75) is 6.92 Å². The minimum absolute atomic E-state index is 0.604. The van der Waals surface area contributed by atoms with Gasteiger partial charge in [-0.25, -0.2) is 14.3 Å². The van der Waals surface area contributed by atoms with Gasteiger partial charge in [-0.15, -0.1) is 0 Å². The summed E-state index contributed by atoms with van der Waals surface area (Å²) in [5.41, 5.74) is 0.824. The van der Waals surface area contributed by atoms with Gasteiger partial charge < -0.3 is 4.55 Å². The van der Waals surface area contributed by atoms with E-state index in [1.807, 2.05) is 18.2 Å². The molecule has 1 heterocycles. The lowest BCUT2D eigenvalue weighted by molar-refractivity contribution is -0.641. The van der Waals surface area contributed by atoms with Crippen LogP contribution < -0.4 is 10.5 Å². The predicted molar refractivity (Wildman–Crippen MR) is 55.0 cm³/mol. The summed E-state index contributed by atoms with van der Waals surface area (Å²) >= 11 is 0. The summed E-state index contributed by atoms with van der Waals surface area (Å²) in [6.07, 6.45) is 2.37. The molecule has 1 aromatic heterocycles. The highest BCUT2D eigenvalue weighted by molar-refractivity contribution is 7.84. The van der Waals surface area contributed by atoms with Crippen molar-refractivity contribution in [3.05, 3.63) is 30.1 Å². The van der Waals surface area contributed by atoms with Crippen molar-refractivity contribution in [1.82, 2.24) is 0 Å². The minimum Gasteiger partial charge on any atom is -0.748 e. The van der Waals surface area contributed by atoms with Gasteiger partial charge in [0.05, 0.1) is 10.1 Å². The van der Waals surface area contributed by atoms with Crippen molar-refractivity contribution < 1.29 is 17.6 Å². The molecule has 0 bridgehead atoms. The molecule has 2 N–H and O–H groups in total. The van der Waals surface area contributed by atoms with E-state index in [9.17, 15) is 0 Å². The second-order valence-corrected chi connectivity index (χ2v) is 3.98. The maximum Gasteiger partial charge on any atom is 0.285 e. The molecule has 0 aliphatic carbocycles. The zero-order valence-corrected chi connectivity index (χ0v) is 9.28. The van der Waals surface area contributed by atoms with Crippen LogP contribution in [0.1, 0.15) is 12.6 Å². The Hall–Kier alpha value is -1.58. The van der Waals surface area contributed by atoms with E-state index in [-0.39, 0.29) is 0 Å². The predicted octanol–water partition coefficient (Wildman–Crippen LogP) is -0.779. The molecule has 1 aromatic rings. The number of nitrogens with zero attached hydrogens (tertiary/aromatic N) is 1. The fourth-order valence-electron chi connectivity index (χ4n) is 0.690. The monoisotopic (exact) mass is 228 g/mol. The molecule has 0 aliphatic heterocycles. The van der Waals surface area contributed by atoms with Gasteiger partial charge in [0.2, 0.25) is 6.20 Å². The van der Waals surface area contributed by atoms with Gasteiger partial charge in [0.15, 0.2) is 0 Å². The molecule has 6 heteroatoms. The number of pyridine rings is 1. The van der Waals surface area contributed by atoms with E-state index in [0.717, 1.165) is 5.69 Å².